The summed E-state index contributed by atoms with van der Waals surface area (Å²) in [4.78, 5) is 21.6. The summed E-state index contributed by atoms with van der Waals surface area (Å²) in [5.74, 6) is -0.253. The highest BCUT2D eigenvalue weighted by atomic mass is 32.2. The predicted octanol–water partition coefficient (Wildman–Crippen LogP) is 3.18. The Morgan fingerprint density at radius 3 is 2.29 bits per heavy atom. The summed E-state index contributed by atoms with van der Waals surface area (Å²) < 4.78 is 28.2. The molecule has 9 heteroatoms. The van der Waals surface area contributed by atoms with E-state index in [9.17, 15) is 23.3 Å². The van der Waals surface area contributed by atoms with Crippen LogP contribution in [-0.4, -0.2) is 19.2 Å². The summed E-state index contributed by atoms with van der Waals surface area (Å²) in [7, 11) is -3.85. The van der Waals surface area contributed by atoms with Crippen molar-refractivity contribution in [1.29, 1.82) is 0 Å². The molecule has 0 aliphatic carbocycles. The lowest BCUT2D eigenvalue weighted by atomic mass is 10.1. The van der Waals surface area contributed by atoms with E-state index >= 15 is 0 Å². The number of hydrogen-bond donors (Lipinski definition) is 2. The zero-order chi connectivity index (χ0) is 20.3. The Labute approximate surface area is 161 Å². The molecule has 3 aromatic rings. The molecule has 144 valence electrons. The maximum absolute atomic E-state index is 12.8. The molecule has 0 aromatic heterocycles. The number of fused-ring (bicyclic) bond motifs is 1. The van der Waals surface area contributed by atoms with Crippen molar-refractivity contribution in [3.05, 3.63) is 76.3 Å². The lowest BCUT2D eigenvalue weighted by molar-refractivity contribution is -0.384. The monoisotopic (exact) mass is 399 g/mol. The number of carbonyl (C=O) groups excluding carboxylic acids is 1. The Balaban J connectivity index is 1.90. The second-order valence-electron chi connectivity index (χ2n) is 6.09. The summed E-state index contributed by atoms with van der Waals surface area (Å²) in [6.45, 7) is 1.37. The Morgan fingerprint density at radius 2 is 1.64 bits per heavy atom. The normalized spacial score (nSPS) is 11.3. The molecular formula is C19H17N3O5S. The van der Waals surface area contributed by atoms with Gasteiger partial charge >= 0.3 is 0 Å². The van der Waals surface area contributed by atoms with Gasteiger partial charge in [-0.2, -0.15) is 0 Å². The number of amides is 1. The third-order valence-electron chi connectivity index (χ3n) is 4.10. The van der Waals surface area contributed by atoms with Crippen LogP contribution < -0.4 is 10.0 Å². The number of nitro benzene ring substituents is 1. The van der Waals surface area contributed by atoms with Gasteiger partial charge in [-0.05, 0) is 17.7 Å². The molecule has 0 heterocycles. The van der Waals surface area contributed by atoms with Crippen molar-refractivity contribution in [2.24, 2.45) is 0 Å². The highest BCUT2D eigenvalue weighted by molar-refractivity contribution is 7.89. The van der Waals surface area contributed by atoms with Gasteiger partial charge in [0.1, 0.15) is 0 Å². The van der Waals surface area contributed by atoms with Crippen LogP contribution in [0.3, 0.4) is 0 Å². The van der Waals surface area contributed by atoms with Crippen molar-refractivity contribution in [2.75, 3.05) is 5.32 Å². The van der Waals surface area contributed by atoms with E-state index in [0.717, 1.165) is 0 Å². The molecule has 2 N–H and O–H groups in total. The highest BCUT2D eigenvalue weighted by Crippen LogP contribution is 2.29. The van der Waals surface area contributed by atoms with Crippen LogP contribution in [0.15, 0.2) is 65.6 Å². The molecule has 0 aliphatic rings. The molecule has 8 nitrogen and oxygen atoms in total. The van der Waals surface area contributed by atoms with Crippen LogP contribution in [0.2, 0.25) is 0 Å². The van der Waals surface area contributed by atoms with Crippen molar-refractivity contribution < 1.29 is 18.1 Å². The fourth-order valence-electron chi connectivity index (χ4n) is 2.81. The van der Waals surface area contributed by atoms with Crippen LogP contribution in [0.1, 0.15) is 12.5 Å². The van der Waals surface area contributed by atoms with Gasteiger partial charge in [0.25, 0.3) is 5.69 Å². The van der Waals surface area contributed by atoms with Crippen molar-refractivity contribution in [1.82, 2.24) is 4.72 Å². The minimum atomic E-state index is -3.85. The second kappa shape index (κ2) is 7.75. The van der Waals surface area contributed by atoms with E-state index in [2.05, 4.69) is 10.0 Å². The van der Waals surface area contributed by atoms with E-state index in [4.69, 9.17) is 0 Å². The van der Waals surface area contributed by atoms with Crippen LogP contribution in [-0.2, 0) is 21.4 Å². The van der Waals surface area contributed by atoms with E-state index in [1.54, 1.807) is 30.3 Å². The average Bonchev–Trinajstić information content (AvgIpc) is 2.66. The maximum atomic E-state index is 12.8. The van der Waals surface area contributed by atoms with Gasteiger partial charge < -0.3 is 5.32 Å². The van der Waals surface area contributed by atoms with Crippen LogP contribution >= 0.6 is 0 Å². The quantitative estimate of drug-likeness (QED) is 0.487. The van der Waals surface area contributed by atoms with Gasteiger partial charge in [-0.3, -0.25) is 14.9 Å². The fourth-order valence-corrected chi connectivity index (χ4v) is 4.04. The summed E-state index contributed by atoms with van der Waals surface area (Å²) >= 11 is 0. The molecule has 0 radical (unpaired) electrons. The number of benzene rings is 3. The number of rotatable bonds is 6. The van der Waals surface area contributed by atoms with Crippen LogP contribution in [0, 0.1) is 10.1 Å². The van der Waals surface area contributed by atoms with E-state index in [1.165, 1.54) is 37.3 Å². The zero-order valence-corrected chi connectivity index (χ0v) is 15.7. The third kappa shape index (κ3) is 4.16. The first-order valence-electron chi connectivity index (χ1n) is 8.30. The minimum absolute atomic E-state index is 0.0118. The molecule has 0 spiro atoms. The topological polar surface area (TPSA) is 118 Å². The Morgan fingerprint density at radius 1 is 1.00 bits per heavy atom. The molecule has 1 amide bonds. The van der Waals surface area contributed by atoms with Gasteiger partial charge in [0, 0.05) is 42.1 Å². The minimum Gasteiger partial charge on any atom is -0.326 e. The number of anilines is 1. The molecule has 3 aromatic carbocycles. The standard InChI is InChI=1S/C19H17N3O5S/c1-13(23)21-18-6-2-5-17-16(18)4-3-7-19(17)28(26,27)20-12-14-8-10-15(11-9-14)22(24)25/h2-11,20H,12H2,1H3,(H,21,23). The van der Waals surface area contributed by atoms with Gasteiger partial charge in [0.05, 0.1) is 9.82 Å². The fraction of sp³-hybridized carbons (Fsp3) is 0.105. The lowest BCUT2D eigenvalue weighted by Crippen LogP contribution is -2.23. The molecule has 0 atom stereocenters. The van der Waals surface area contributed by atoms with Crippen LogP contribution in [0.5, 0.6) is 0 Å². The number of non-ortho nitro benzene ring substituents is 1. The molecule has 0 aliphatic heterocycles. The van der Waals surface area contributed by atoms with E-state index in [0.29, 0.717) is 22.0 Å². The molecule has 0 fully saturated rings. The number of hydrogen-bond acceptors (Lipinski definition) is 5. The first-order chi connectivity index (χ1) is 13.3. The largest absolute Gasteiger partial charge is 0.326 e. The van der Waals surface area contributed by atoms with E-state index in [1.807, 2.05) is 0 Å². The Hall–Kier alpha value is -3.30. The van der Waals surface area contributed by atoms with Crippen molar-refractivity contribution >= 4 is 38.1 Å². The summed E-state index contributed by atoms with van der Waals surface area (Å²) in [6, 6.07) is 15.5. The lowest BCUT2D eigenvalue weighted by Gasteiger charge is -2.12. The number of nitro groups is 1. The number of sulfonamides is 1. The van der Waals surface area contributed by atoms with Gasteiger partial charge in [0.2, 0.25) is 15.9 Å². The Kier molecular flexibility index (Phi) is 5.39. The molecule has 0 unspecified atom stereocenters. The number of nitrogens with one attached hydrogen (secondary N) is 2. The van der Waals surface area contributed by atoms with E-state index in [-0.39, 0.29) is 23.0 Å². The van der Waals surface area contributed by atoms with Crippen molar-refractivity contribution in [2.45, 2.75) is 18.4 Å². The van der Waals surface area contributed by atoms with Crippen molar-refractivity contribution in [3.8, 4) is 0 Å². The molecular weight excluding hydrogens is 382 g/mol. The van der Waals surface area contributed by atoms with E-state index < -0.39 is 14.9 Å². The van der Waals surface area contributed by atoms with Gasteiger partial charge in [-0.25, -0.2) is 13.1 Å². The number of nitrogens with zero attached hydrogens (tertiary/aromatic N) is 1. The second-order valence-corrected chi connectivity index (χ2v) is 7.82. The van der Waals surface area contributed by atoms with Crippen LogP contribution in [0.25, 0.3) is 10.8 Å². The first kappa shape index (κ1) is 19.5. The molecule has 0 bridgehead atoms. The summed E-state index contributed by atoms with van der Waals surface area (Å²) in [6.07, 6.45) is 0. The SMILES string of the molecule is CC(=O)Nc1cccc2c(S(=O)(=O)NCc3ccc([N+](=O)[O-])cc3)cccc12. The molecule has 28 heavy (non-hydrogen) atoms. The molecule has 0 saturated heterocycles. The van der Waals surface area contributed by atoms with Gasteiger partial charge in [-0.1, -0.05) is 36.4 Å². The third-order valence-corrected chi connectivity index (χ3v) is 5.56. The summed E-state index contributed by atoms with van der Waals surface area (Å²) in [5.41, 5.74) is 1.05. The molecule has 0 saturated carbocycles. The average molecular weight is 399 g/mol. The zero-order valence-electron chi connectivity index (χ0n) is 14.9. The van der Waals surface area contributed by atoms with Crippen LogP contribution in [0.4, 0.5) is 11.4 Å². The maximum Gasteiger partial charge on any atom is 0.269 e. The summed E-state index contributed by atoms with van der Waals surface area (Å²) in [5, 5.41) is 14.5. The van der Waals surface area contributed by atoms with Crippen molar-refractivity contribution in [3.63, 3.8) is 0 Å². The highest BCUT2D eigenvalue weighted by Gasteiger charge is 2.18. The van der Waals surface area contributed by atoms with Gasteiger partial charge in [-0.15, -0.1) is 0 Å². The predicted molar refractivity (Wildman–Crippen MR) is 105 cm³/mol. The molecule has 3 rings (SSSR count). The number of carbonyl (C=O) groups is 1. The Bertz CT molecular complexity index is 1160. The van der Waals surface area contributed by atoms with Gasteiger partial charge in [0.15, 0.2) is 0 Å². The first-order valence-corrected chi connectivity index (χ1v) is 9.78. The smallest absolute Gasteiger partial charge is 0.269 e.